The molecule has 2 aliphatic rings. The largest absolute Gasteiger partial charge is 0.442 e. The summed E-state index contributed by atoms with van der Waals surface area (Å²) in [6, 6.07) is 7.40. The smallest absolute Gasteiger partial charge is 0.428 e. The van der Waals surface area contributed by atoms with Crippen molar-refractivity contribution in [3.05, 3.63) is 29.8 Å². The summed E-state index contributed by atoms with van der Waals surface area (Å²) in [4.78, 5) is 23.1. The molecular weight excluding hydrogens is 282 g/mol. The van der Waals surface area contributed by atoms with Crippen LogP contribution in [0, 0.1) is 5.92 Å². The Hall–Kier alpha value is -2.37. The van der Waals surface area contributed by atoms with Gasteiger partial charge in [0.15, 0.2) is 0 Å². The van der Waals surface area contributed by atoms with Crippen LogP contribution in [-0.2, 0) is 9.53 Å². The lowest BCUT2D eigenvalue weighted by Crippen LogP contribution is -2.30. The van der Waals surface area contributed by atoms with Crippen molar-refractivity contribution in [3.8, 4) is 0 Å². The van der Waals surface area contributed by atoms with Crippen LogP contribution in [-0.4, -0.2) is 24.3 Å². The van der Waals surface area contributed by atoms with Crippen molar-refractivity contribution in [1.82, 2.24) is 5.43 Å². The van der Waals surface area contributed by atoms with Crippen LogP contribution in [0.5, 0.6) is 0 Å². The Kier molecular flexibility index (Phi) is 4.37. The first-order valence-electron chi connectivity index (χ1n) is 7.63. The highest BCUT2D eigenvalue weighted by molar-refractivity contribution is 6.04. The molecular formula is C16H19N3O3. The summed E-state index contributed by atoms with van der Waals surface area (Å²) in [6.07, 6.45) is 4.94. The second-order valence-electron chi connectivity index (χ2n) is 5.65. The zero-order valence-electron chi connectivity index (χ0n) is 12.3. The first-order chi connectivity index (χ1) is 10.7. The number of amides is 2. The molecule has 1 aliphatic heterocycles. The molecule has 6 heteroatoms. The van der Waals surface area contributed by atoms with Gasteiger partial charge in [0.1, 0.15) is 12.3 Å². The summed E-state index contributed by atoms with van der Waals surface area (Å²) in [5.41, 5.74) is 4.57. The van der Waals surface area contributed by atoms with Crippen molar-refractivity contribution in [3.63, 3.8) is 0 Å². The SMILES string of the molecule is O=C1NN=C(c2ccc(NC(=O)C3CCCCC3)cc2)CO1. The summed E-state index contributed by atoms with van der Waals surface area (Å²) in [7, 11) is 0. The highest BCUT2D eigenvalue weighted by atomic mass is 16.6. The number of hydrogen-bond donors (Lipinski definition) is 2. The van der Waals surface area contributed by atoms with E-state index in [2.05, 4.69) is 15.8 Å². The number of carbonyl (C=O) groups is 2. The first-order valence-corrected chi connectivity index (χ1v) is 7.63. The van der Waals surface area contributed by atoms with Gasteiger partial charge in [0.05, 0.1) is 0 Å². The predicted octanol–water partition coefficient (Wildman–Crippen LogP) is 2.65. The molecule has 1 heterocycles. The number of ether oxygens (including phenoxy) is 1. The maximum Gasteiger partial charge on any atom is 0.428 e. The average Bonchev–Trinajstić information content (AvgIpc) is 2.57. The predicted molar refractivity (Wildman–Crippen MR) is 82.7 cm³/mol. The van der Waals surface area contributed by atoms with Crippen LogP contribution in [0.25, 0.3) is 0 Å². The Morgan fingerprint density at radius 3 is 2.55 bits per heavy atom. The van der Waals surface area contributed by atoms with Crippen LogP contribution < -0.4 is 10.7 Å². The third-order valence-corrected chi connectivity index (χ3v) is 4.08. The molecule has 2 N–H and O–H groups in total. The number of anilines is 1. The molecule has 6 nitrogen and oxygen atoms in total. The third-order valence-electron chi connectivity index (χ3n) is 4.08. The molecule has 0 radical (unpaired) electrons. The van der Waals surface area contributed by atoms with Gasteiger partial charge in [-0.05, 0) is 25.0 Å². The molecule has 1 aromatic carbocycles. The van der Waals surface area contributed by atoms with Crippen molar-refractivity contribution in [2.45, 2.75) is 32.1 Å². The van der Waals surface area contributed by atoms with E-state index in [9.17, 15) is 9.59 Å². The average molecular weight is 301 g/mol. The zero-order chi connectivity index (χ0) is 15.4. The van der Waals surface area contributed by atoms with E-state index in [0.717, 1.165) is 36.9 Å². The number of benzene rings is 1. The van der Waals surface area contributed by atoms with Gasteiger partial charge >= 0.3 is 6.09 Å². The lowest BCUT2D eigenvalue weighted by Gasteiger charge is -2.20. The van der Waals surface area contributed by atoms with E-state index in [4.69, 9.17) is 4.74 Å². The molecule has 1 aliphatic carbocycles. The maximum absolute atomic E-state index is 12.2. The van der Waals surface area contributed by atoms with Gasteiger partial charge < -0.3 is 10.1 Å². The van der Waals surface area contributed by atoms with Crippen LogP contribution in [0.4, 0.5) is 10.5 Å². The number of carbonyl (C=O) groups excluding carboxylic acids is 2. The summed E-state index contributed by atoms with van der Waals surface area (Å²) < 4.78 is 4.87. The normalized spacial score (nSPS) is 18.9. The molecule has 1 saturated carbocycles. The zero-order valence-corrected chi connectivity index (χ0v) is 12.3. The van der Waals surface area contributed by atoms with Gasteiger partial charge in [0.25, 0.3) is 0 Å². The first kappa shape index (κ1) is 14.6. The van der Waals surface area contributed by atoms with Crippen LogP contribution in [0.15, 0.2) is 29.4 Å². The molecule has 116 valence electrons. The minimum Gasteiger partial charge on any atom is -0.442 e. The summed E-state index contributed by atoms with van der Waals surface area (Å²) >= 11 is 0. The molecule has 0 aromatic heterocycles. The lowest BCUT2D eigenvalue weighted by molar-refractivity contribution is -0.120. The molecule has 0 unspecified atom stereocenters. The van der Waals surface area contributed by atoms with E-state index in [1.54, 1.807) is 0 Å². The number of cyclic esters (lactones) is 1. The summed E-state index contributed by atoms with van der Waals surface area (Å²) in [6.45, 7) is 0.152. The number of rotatable bonds is 3. The van der Waals surface area contributed by atoms with Gasteiger partial charge in [-0.2, -0.15) is 5.10 Å². The van der Waals surface area contributed by atoms with Crippen LogP contribution in [0.2, 0.25) is 0 Å². The number of hydrogen-bond acceptors (Lipinski definition) is 4. The summed E-state index contributed by atoms with van der Waals surface area (Å²) in [5.74, 6) is 0.248. The van der Waals surface area contributed by atoms with E-state index >= 15 is 0 Å². The van der Waals surface area contributed by atoms with Crippen molar-refractivity contribution in [2.24, 2.45) is 11.0 Å². The maximum atomic E-state index is 12.2. The van der Waals surface area contributed by atoms with E-state index < -0.39 is 6.09 Å². The Morgan fingerprint density at radius 1 is 1.18 bits per heavy atom. The minimum absolute atomic E-state index is 0.109. The summed E-state index contributed by atoms with van der Waals surface area (Å²) in [5, 5.41) is 6.92. The third kappa shape index (κ3) is 3.44. The van der Waals surface area contributed by atoms with Gasteiger partial charge in [0, 0.05) is 17.2 Å². The van der Waals surface area contributed by atoms with E-state index in [0.29, 0.717) is 5.71 Å². The fourth-order valence-corrected chi connectivity index (χ4v) is 2.81. The molecule has 0 atom stereocenters. The van der Waals surface area contributed by atoms with Gasteiger partial charge in [-0.25, -0.2) is 10.2 Å². The van der Waals surface area contributed by atoms with Crippen molar-refractivity contribution < 1.29 is 14.3 Å². The Morgan fingerprint density at radius 2 is 1.91 bits per heavy atom. The molecule has 0 bridgehead atoms. The Labute approximate surface area is 128 Å². The molecule has 0 spiro atoms. The van der Waals surface area contributed by atoms with E-state index in [1.165, 1.54) is 6.42 Å². The Balaban J connectivity index is 1.61. The van der Waals surface area contributed by atoms with Crippen molar-refractivity contribution >= 4 is 23.4 Å². The molecule has 0 saturated heterocycles. The van der Waals surface area contributed by atoms with Crippen molar-refractivity contribution in [2.75, 3.05) is 11.9 Å². The van der Waals surface area contributed by atoms with Gasteiger partial charge in [0.2, 0.25) is 5.91 Å². The number of nitrogens with zero attached hydrogens (tertiary/aromatic N) is 1. The van der Waals surface area contributed by atoms with Crippen molar-refractivity contribution in [1.29, 1.82) is 0 Å². The van der Waals surface area contributed by atoms with Gasteiger partial charge in [-0.3, -0.25) is 4.79 Å². The van der Waals surface area contributed by atoms with Crippen LogP contribution in [0.3, 0.4) is 0 Å². The van der Waals surface area contributed by atoms with Crippen LogP contribution >= 0.6 is 0 Å². The number of nitrogens with one attached hydrogen (secondary N) is 2. The molecule has 3 rings (SSSR count). The monoisotopic (exact) mass is 301 g/mol. The van der Waals surface area contributed by atoms with E-state index in [1.807, 2.05) is 24.3 Å². The van der Waals surface area contributed by atoms with E-state index in [-0.39, 0.29) is 18.4 Å². The van der Waals surface area contributed by atoms with Gasteiger partial charge in [-0.15, -0.1) is 0 Å². The molecule has 1 fully saturated rings. The topological polar surface area (TPSA) is 79.8 Å². The highest BCUT2D eigenvalue weighted by Crippen LogP contribution is 2.25. The highest BCUT2D eigenvalue weighted by Gasteiger charge is 2.21. The van der Waals surface area contributed by atoms with Gasteiger partial charge in [-0.1, -0.05) is 31.4 Å². The fourth-order valence-electron chi connectivity index (χ4n) is 2.81. The quantitative estimate of drug-likeness (QED) is 0.900. The number of hydrazone groups is 1. The standard InChI is InChI=1S/C16H19N3O3/c20-15(12-4-2-1-3-5-12)17-13-8-6-11(7-9-13)14-10-22-16(21)19-18-14/h6-9,12H,1-5,10H2,(H,17,20)(H,19,21). The minimum atomic E-state index is -0.542. The second-order valence-corrected chi connectivity index (χ2v) is 5.65. The Bertz CT molecular complexity index is 589. The molecule has 22 heavy (non-hydrogen) atoms. The fraction of sp³-hybridized carbons (Fsp3) is 0.438. The van der Waals surface area contributed by atoms with Crippen LogP contribution in [0.1, 0.15) is 37.7 Å². The molecule has 1 aromatic rings. The second kappa shape index (κ2) is 6.60. The molecule has 2 amide bonds. The lowest BCUT2D eigenvalue weighted by atomic mass is 9.88.